The Kier molecular flexibility index (Phi) is 5.90. The molecule has 0 saturated carbocycles. The molecule has 0 bridgehead atoms. The van der Waals surface area contributed by atoms with Gasteiger partial charge in [0.05, 0.1) is 23.3 Å². The van der Waals surface area contributed by atoms with Gasteiger partial charge in [0.2, 0.25) is 0 Å². The molecular formula is C24H27NO3S. The molecule has 2 aromatic carbocycles. The van der Waals surface area contributed by atoms with Gasteiger partial charge in [-0.15, -0.1) is 11.8 Å². The zero-order valence-corrected chi connectivity index (χ0v) is 18.6. The quantitative estimate of drug-likeness (QED) is 0.619. The van der Waals surface area contributed by atoms with E-state index in [1.165, 1.54) is 16.7 Å². The second-order valence-corrected chi connectivity index (χ2v) is 9.90. The van der Waals surface area contributed by atoms with Crippen LogP contribution < -0.4 is 9.64 Å². The van der Waals surface area contributed by atoms with E-state index in [2.05, 4.69) is 20.8 Å². The molecule has 5 heteroatoms. The van der Waals surface area contributed by atoms with Crippen molar-refractivity contribution in [3.63, 3.8) is 0 Å². The number of thioether (sulfide) groups is 1. The Morgan fingerprint density at radius 3 is 2.10 bits per heavy atom. The first-order valence-electron chi connectivity index (χ1n) is 9.68. The summed E-state index contributed by atoms with van der Waals surface area (Å²) in [6, 6.07) is 15.0. The van der Waals surface area contributed by atoms with Crippen LogP contribution in [0.25, 0.3) is 5.57 Å². The Morgan fingerprint density at radius 2 is 1.55 bits per heavy atom. The van der Waals surface area contributed by atoms with Crippen LogP contribution in [0, 0.1) is 0 Å². The van der Waals surface area contributed by atoms with Crippen LogP contribution in [-0.2, 0) is 15.0 Å². The van der Waals surface area contributed by atoms with Gasteiger partial charge < -0.3 is 4.74 Å². The van der Waals surface area contributed by atoms with E-state index in [9.17, 15) is 9.59 Å². The summed E-state index contributed by atoms with van der Waals surface area (Å²) in [5.41, 5.74) is 2.78. The maximum Gasteiger partial charge on any atom is 0.272 e. The van der Waals surface area contributed by atoms with Crippen molar-refractivity contribution in [1.82, 2.24) is 0 Å². The lowest BCUT2D eigenvalue weighted by molar-refractivity contribution is -0.119. The summed E-state index contributed by atoms with van der Waals surface area (Å²) in [7, 11) is 1.57. The predicted octanol–water partition coefficient (Wildman–Crippen LogP) is 5.42. The highest BCUT2D eigenvalue weighted by molar-refractivity contribution is 8.04. The second kappa shape index (κ2) is 8.07. The van der Waals surface area contributed by atoms with Crippen molar-refractivity contribution < 1.29 is 14.3 Å². The molecule has 152 valence electrons. The first kappa shape index (κ1) is 21.2. The van der Waals surface area contributed by atoms with Gasteiger partial charge in [0.25, 0.3) is 11.8 Å². The van der Waals surface area contributed by atoms with Crippen molar-refractivity contribution in [2.45, 2.75) is 45.3 Å². The van der Waals surface area contributed by atoms with Gasteiger partial charge in [0, 0.05) is 10.8 Å². The molecule has 2 amide bonds. The van der Waals surface area contributed by atoms with E-state index in [1.54, 1.807) is 13.2 Å². The molecule has 3 rings (SSSR count). The molecule has 0 radical (unpaired) electrons. The lowest BCUT2D eigenvalue weighted by Gasteiger charge is -2.21. The van der Waals surface area contributed by atoms with Crippen molar-refractivity contribution >= 4 is 34.8 Å². The molecular weight excluding hydrogens is 382 g/mol. The second-order valence-electron chi connectivity index (χ2n) is 8.31. The zero-order chi connectivity index (χ0) is 21.3. The van der Waals surface area contributed by atoms with Crippen LogP contribution in [0.1, 0.15) is 45.7 Å². The number of carbonyl (C=O) groups is 2. The summed E-state index contributed by atoms with van der Waals surface area (Å²) in [5.74, 6) is -0.0142. The third-order valence-electron chi connectivity index (χ3n) is 4.76. The minimum Gasteiger partial charge on any atom is -0.496 e. The molecule has 0 spiro atoms. The fourth-order valence-electron chi connectivity index (χ4n) is 3.29. The Hall–Kier alpha value is -2.53. The summed E-state index contributed by atoms with van der Waals surface area (Å²) in [4.78, 5) is 28.5. The van der Waals surface area contributed by atoms with Crippen molar-refractivity contribution in [2.24, 2.45) is 0 Å². The van der Waals surface area contributed by atoms with Crippen LogP contribution >= 0.6 is 11.8 Å². The van der Waals surface area contributed by atoms with E-state index in [1.807, 2.05) is 56.3 Å². The van der Waals surface area contributed by atoms with Gasteiger partial charge in [-0.05, 0) is 29.2 Å². The number of methoxy groups -OCH3 is 1. The average Bonchev–Trinajstić information content (AvgIpc) is 2.90. The molecule has 0 aliphatic carbocycles. The molecule has 0 saturated heterocycles. The molecule has 0 N–H and O–H groups in total. The summed E-state index contributed by atoms with van der Waals surface area (Å²) in [6.45, 7) is 10.4. The number of hydrogen-bond acceptors (Lipinski definition) is 4. The Bertz CT molecular complexity index is 968. The van der Waals surface area contributed by atoms with Gasteiger partial charge in [0.1, 0.15) is 5.75 Å². The fraction of sp³-hybridized carbons (Fsp3) is 0.333. The molecule has 0 unspecified atom stereocenters. The number of ether oxygens (including phenoxy) is 1. The van der Waals surface area contributed by atoms with Gasteiger partial charge in [0.15, 0.2) is 0 Å². The number of carbonyl (C=O) groups excluding carboxylic acids is 2. The average molecular weight is 410 g/mol. The topological polar surface area (TPSA) is 46.6 Å². The number of imide groups is 1. The summed E-state index contributed by atoms with van der Waals surface area (Å²) < 4.78 is 5.46. The summed E-state index contributed by atoms with van der Waals surface area (Å²) >= 11 is 1.41. The van der Waals surface area contributed by atoms with Crippen molar-refractivity contribution in [1.29, 1.82) is 0 Å². The maximum atomic E-state index is 13.4. The first-order valence-corrected chi connectivity index (χ1v) is 10.6. The normalized spacial score (nSPS) is 14.9. The van der Waals surface area contributed by atoms with Crippen LogP contribution in [0.3, 0.4) is 0 Å². The summed E-state index contributed by atoms with van der Waals surface area (Å²) in [5, 5.41) is 0.162. The number of amides is 2. The van der Waals surface area contributed by atoms with Crippen LogP contribution in [-0.4, -0.2) is 24.2 Å². The van der Waals surface area contributed by atoms with Crippen LogP contribution in [0.2, 0.25) is 0 Å². The predicted molar refractivity (Wildman–Crippen MR) is 120 cm³/mol. The Morgan fingerprint density at radius 1 is 0.931 bits per heavy atom. The molecule has 1 aliphatic heterocycles. The molecule has 1 aliphatic rings. The fourth-order valence-corrected chi connectivity index (χ4v) is 4.27. The van der Waals surface area contributed by atoms with Gasteiger partial charge in [-0.3, -0.25) is 9.59 Å². The highest BCUT2D eigenvalue weighted by Crippen LogP contribution is 2.42. The Labute approximate surface area is 176 Å². The van der Waals surface area contributed by atoms with Gasteiger partial charge >= 0.3 is 0 Å². The number of rotatable bonds is 5. The lowest BCUT2D eigenvalue weighted by atomic mass is 9.87. The number of nitrogens with zero attached hydrogens (tertiary/aromatic N) is 1. The Balaban J connectivity index is 2.09. The lowest BCUT2D eigenvalue weighted by Crippen LogP contribution is -2.31. The largest absolute Gasteiger partial charge is 0.496 e. The maximum absolute atomic E-state index is 13.4. The van der Waals surface area contributed by atoms with Crippen LogP contribution in [0.15, 0.2) is 53.4 Å². The SMILES string of the molecule is COc1ccccc1C1=C(SC(C)C)C(=O)N(c2ccc(C(C)(C)C)cc2)C1=O. The van der Waals surface area contributed by atoms with E-state index in [0.29, 0.717) is 27.5 Å². The van der Waals surface area contributed by atoms with Crippen LogP contribution in [0.5, 0.6) is 5.75 Å². The summed E-state index contributed by atoms with van der Waals surface area (Å²) in [6.07, 6.45) is 0. The van der Waals surface area contributed by atoms with E-state index in [0.717, 1.165) is 5.56 Å². The van der Waals surface area contributed by atoms with Gasteiger partial charge in [-0.1, -0.05) is 65.0 Å². The molecule has 2 aromatic rings. The molecule has 1 heterocycles. The molecule has 4 nitrogen and oxygen atoms in total. The van der Waals surface area contributed by atoms with E-state index < -0.39 is 0 Å². The van der Waals surface area contributed by atoms with E-state index in [-0.39, 0.29) is 22.5 Å². The van der Waals surface area contributed by atoms with Crippen LogP contribution in [0.4, 0.5) is 5.69 Å². The highest BCUT2D eigenvalue weighted by Gasteiger charge is 2.41. The highest BCUT2D eigenvalue weighted by atomic mass is 32.2. The number of benzene rings is 2. The standard InChI is InChI=1S/C24H27NO3S/c1-15(2)29-21-20(18-9-7-8-10-19(18)28-6)22(26)25(23(21)27)17-13-11-16(12-14-17)24(3,4)5/h7-15H,1-6H3. The van der Waals surface area contributed by atoms with Gasteiger partial charge in [-0.2, -0.15) is 0 Å². The first-order chi connectivity index (χ1) is 13.6. The van der Waals surface area contributed by atoms with Crippen molar-refractivity contribution in [2.75, 3.05) is 12.0 Å². The van der Waals surface area contributed by atoms with E-state index >= 15 is 0 Å². The third-order valence-corrected chi connectivity index (χ3v) is 5.85. The zero-order valence-electron chi connectivity index (χ0n) is 17.8. The van der Waals surface area contributed by atoms with Gasteiger partial charge in [-0.25, -0.2) is 4.90 Å². The molecule has 0 fully saturated rings. The monoisotopic (exact) mass is 409 g/mol. The number of anilines is 1. The minimum atomic E-state index is -0.314. The molecule has 0 aromatic heterocycles. The third kappa shape index (κ3) is 4.10. The minimum absolute atomic E-state index is 0.00295. The number of para-hydroxylation sites is 1. The molecule has 0 atom stereocenters. The van der Waals surface area contributed by atoms with Crippen molar-refractivity contribution in [3.05, 3.63) is 64.6 Å². The smallest absolute Gasteiger partial charge is 0.272 e. The molecule has 29 heavy (non-hydrogen) atoms. The van der Waals surface area contributed by atoms with E-state index in [4.69, 9.17) is 4.74 Å². The van der Waals surface area contributed by atoms with Crippen molar-refractivity contribution in [3.8, 4) is 5.75 Å². The number of hydrogen-bond donors (Lipinski definition) is 0.